The highest BCUT2D eigenvalue weighted by molar-refractivity contribution is 5.86. The molecule has 0 unspecified atom stereocenters. The molecule has 4 aliphatic carbocycles. The molecule has 5 rings (SSSR count). The molecule has 1 aromatic carbocycles. The maximum absolute atomic E-state index is 12.9. The summed E-state index contributed by atoms with van der Waals surface area (Å²) in [6, 6.07) is 8.50. The number of nitrogens with zero attached hydrogens (tertiary/aromatic N) is 2. The first-order valence-electron chi connectivity index (χ1n) is 11.3. The molecule has 4 bridgehead atoms. The molecular formula is C24H35N3O. The van der Waals surface area contributed by atoms with Crippen molar-refractivity contribution in [1.29, 1.82) is 0 Å². The predicted molar refractivity (Wildman–Crippen MR) is 116 cm³/mol. The summed E-state index contributed by atoms with van der Waals surface area (Å²) in [5.41, 5.74) is 5.05. The molecule has 0 aliphatic heterocycles. The van der Waals surface area contributed by atoms with E-state index in [1.54, 1.807) is 6.21 Å². The highest BCUT2D eigenvalue weighted by atomic mass is 16.2. The van der Waals surface area contributed by atoms with E-state index in [-0.39, 0.29) is 11.3 Å². The second-order valence-electron chi connectivity index (χ2n) is 9.48. The first kappa shape index (κ1) is 19.5. The van der Waals surface area contributed by atoms with Crippen LogP contribution in [-0.2, 0) is 4.79 Å². The van der Waals surface area contributed by atoms with Crippen LogP contribution in [0.1, 0.15) is 70.8 Å². The van der Waals surface area contributed by atoms with Crippen LogP contribution in [-0.4, -0.2) is 25.2 Å². The number of rotatable bonds is 8. The third-order valence-electron chi connectivity index (χ3n) is 7.14. The quantitative estimate of drug-likeness (QED) is 0.510. The first-order chi connectivity index (χ1) is 13.6. The summed E-state index contributed by atoms with van der Waals surface area (Å²) in [4.78, 5) is 15.4. The summed E-state index contributed by atoms with van der Waals surface area (Å²) < 4.78 is 0. The van der Waals surface area contributed by atoms with Gasteiger partial charge in [0.1, 0.15) is 0 Å². The van der Waals surface area contributed by atoms with Gasteiger partial charge < -0.3 is 4.90 Å². The molecule has 1 aromatic rings. The van der Waals surface area contributed by atoms with Gasteiger partial charge in [0.2, 0.25) is 5.91 Å². The van der Waals surface area contributed by atoms with Crippen molar-refractivity contribution in [2.75, 3.05) is 18.0 Å². The van der Waals surface area contributed by atoms with Gasteiger partial charge in [-0.2, -0.15) is 5.10 Å². The van der Waals surface area contributed by atoms with E-state index < -0.39 is 0 Å². The van der Waals surface area contributed by atoms with Crippen molar-refractivity contribution in [1.82, 2.24) is 5.43 Å². The predicted octanol–water partition coefficient (Wildman–Crippen LogP) is 4.98. The Labute approximate surface area is 169 Å². The van der Waals surface area contributed by atoms with Crippen molar-refractivity contribution >= 4 is 17.8 Å². The Morgan fingerprint density at radius 1 is 1.04 bits per heavy atom. The van der Waals surface area contributed by atoms with Crippen LogP contribution in [0.4, 0.5) is 5.69 Å². The van der Waals surface area contributed by atoms with Crippen LogP contribution < -0.4 is 10.3 Å². The van der Waals surface area contributed by atoms with E-state index in [9.17, 15) is 4.79 Å². The second kappa shape index (κ2) is 8.26. The fraction of sp³-hybridized carbons (Fsp3) is 0.667. The molecule has 0 radical (unpaired) electrons. The van der Waals surface area contributed by atoms with Crippen LogP contribution in [0.5, 0.6) is 0 Å². The third-order valence-corrected chi connectivity index (χ3v) is 7.14. The molecule has 0 saturated heterocycles. The molecule has 0 aromatic heterocycles. The number of anilines is 1. The van der Waals surface area contributed by atoms with Gasteiger partial charge in [-0.25, -0.2) is 5.43 Å². The minimum Gasteiger partial charge on any atom is -0.372 e. The van der Waals surface area contributed by atoms with Crippen molar-refractivity contribution in [2.45, 2.75) is 65.2 Å². The zero-order chi connectivity index (χ0) is 19.6. The van der Waals surface area contributed by atoms with E-state index >= 15 is 0 Å². The summed E-state index contributed by atoms with van der Waals surface area (Å²) in [5, 5.41) is 4.31. The Balaban J connectivity index is 1.35. The first-order valence-corrected chi connectivity index (χ1v) is 11.3. The van der Waals surface area contributed by atoms with Crippen molar-refractivity contribution < 1.29 is 4.79 Å². The number of hydrazone groups is 1. The normalized spacial score (nSPS) is 30.7. The molecule has 4 fully saturated rings. The highest BCUT2D eigenvalue weighted by Crippen LogP contribution is 2.60. The summed E-state index contributed by atoms with van der Waals surface area (Å²) >= 11 is 0. The van der Waals surface area contributed by atoms with Gasteiger partial charge in [0.15, 0.2) is 0 Å². The molecule has 0 atom stereocenters. The summed E-state index contributed by atoms with van der Waals surface area (Å²) in [6.45, 7) is 6.61. The van der Waals surface area contributed by atoms with Crippen molar-refractivity contribution in [3.63, 3.8) is 0 Å². The third kappa shape index (κ3) is 3.97. The number of hydrogen-bond acceptors (Lipinski definition) is 3. The molecule has 1 N–H and O–H groups in total. The largest absolute Gasteiger partial charge is 0.372 e. The number of benzene rings is 1. The van der Waals surface area contributed by atoms with E-state index in [0.29, 0.717) is 0 Å². The average molecular weight is 382 g/mol. The van der Waals surface area contributed by atoms with Gasteiger partial charge in [-0.3, -0.25) is 4.79 Å². The maximum Gasteiger partial charge on any atom is 0.246 e. The number of carbonyl (C=O) groups excluding carboxylic acids is 1. The van der Waals surface area contributed by atoms with Gasteiger partial charge in [-0.05, 0) is 86.8 Å². The van der Waals surface area contributed by atoms with E-state index in [2.05, 4.69) is 53.5 Å². The fourth-order valence-corrected chi connectivity index (χ4v) is 6.35. The van der Waals surface area contributed by atoms with Crippen LogP contribution in [0.2, 0.25) is 0 Å². The Bertz CT molecular complexity index is 668. The maximum atomic E-state index is 12.9. The topological polar surface area (TPSA) is 44.7 Å². The smallest absolute Gasteiger partial charge is 0.246 e. The molecule has 4 saturated carbocycles. The lowest BCUT2D eigenvalue weighted by molar-refractivity contribution is -0.146. The second-order valence-corrected chi connectivity index (χ2v) is 9.48. The minimum absolute atomic E-state index is 0.128. The molecule has 0 spiro atoms. The lowest BCUT2D eigenvalue weighted by Crippen LogP contribution is -2.52. The zero-order valence-corrected chi connectivity index (χ0v) is 17.5. The van der Waals surface area contributed by atoms with E-state index in [4.69, 9.17) is 0 Å². The highest BCUT2D eigenvalue weighted by Gasteiger charge is 2.54. The number of amides is 1. The molecule has 1 amide bonds. The van der Waals surface area contributed by atoms with Crippen molar-refractivity contribution in [3.8, 4) is 0 Å². The van der Waals surface area contributed by atoms with Crippen molar-refractivity contribution in [3.05, 3.63) is 29.8 Å². The molecule has 4 heteroatoms. The molecular weight excluding hydrogens is 346 g/mol. The lowest BCUT2D eigenvalue weighted by atomic mass is 9.49. The van der Waals surface area contributed by atoms with Crippen LogP contribution >= 0.6 is 0 Å². The molecule has 0 heterocycles. The van der Waals surface area contributed by atoms with Crippen LogP contribution in [0.15, 0.2) is 29.4 Å². The Kier molecular flexibility index (Phi) is 5.75. The van der Waals surface area contributed by atoms with Crippen LogP contribution in [0, 0.1) is 23.2 Å². The lowest BCUT2D eigenvalue weighted by Gasteiger charge is -2.55. The summed E-state index contributed by atoms with van der Waals surface area (Å²) in [6.07, 6.45) is 11.4. The fourth-order valence-electron chi connectivity index (χ4n) is 6.35. The number of hydrogen-bond donors (Lipinski definition) is 1. The van der Waals surface area contributed by atoms with Gasteiger partial charge in [0.05, 0.1) is 11.6 Å². The monoisotopic (exact) mass is 381 g/mol. The van der Waals surface area contributed by atoms with E-state index in [1.807, 2.05) is 0 Å². The van der Waals surface area contributed by atoms with Gasteiger partial charge in [-0.1, -0.05) is 26.0 Å². The average Bonchev–Trinajstić information content (AvgIpc) is 2.67. The molecule has 152 valence electrons. The zero-order valence-electron chi connectivity index (χ0n) is 17.5. The van der Waals surface area contributed by atoms with Gasteiger partial charge in [0, 0.05) is 18.8 Å². The minimum atomic E-state index is -0.128. The Hall–Kier alpha value is -1.84. The molecule has 28 heavy (non-hydrogen) atoms. The van der Waals surface area contributed by atoms with E-state index in [1.165, 1.54) is 24.9 Å². The van der Waals surface area contributed by atoms with Crippen LogP contribution in [0.3, 0.4) is 0 Å². The number of nitrogens with one attached hydrogen (secondary N) is 1. The summed E-state index contributed by atoms with van der Waals surface area (Å²) in [5.74, 6) is 2.50. The molecule has 4 aliphatic rings. The Morgan fingerprint density at radius 3 is 2.07 bits per heavy atom. The SMILES string of the molecule is CCCN(CCC)c1ccc(C=NNC(=O)C23CC4CC(CC(C4)C2)C3)cc1. The van der Waals surface area contributed by atoms with Crippen molar-refractivity contribution in [2.24, 2.45) is 28.3 Å². The van der Waals surface area contributed by atoms with Gasteiger partial charge in [0.25, 0.3) is 0 Å². The van der Waals surface area contributed by atoms with E-state index in [0.717, 1.165) is 68.5 Å². The van der Waals surface area contributed by atoms with Gasteiger partial charge in [-0.15, -0.1) is 0 Å². The standard InChI is InChI=1S/C24H35N3O/c1-3-9-27(10-4-2)22-7-5-18(6-8-22)17-25-26-23(28)24-14-19-11-20(15-24)13-21(12-19)16-24/h5-8,17,19-21H,3-4,9-16H2,1-2H3,(H,26,28). The van der Waals surface area contributed by atoms with Crippen LogP contribution in [0.25, 0.3) is 0 Å². The molecule has 4 nitrogen and oxygen atoms in total. The Morgan fingerprint density at radius 2 is 1.57 bits per heavy atom. The summed E-state index contributed by atoms with van der Waals surface area (Å²) in [7, 11) is 0. The number of carbonyl (C=O) groups is 1. The van der Waals surface area contributed by atoms with Gasteiger partial charge >= 0.3 is 0 Å².